The number of β-amino-alcohol motifs (C(OH)–C–C–N with tert-alkyl or cyclic N) is 1. The van der Waals surface area contributed by atoms with Crippen molar-refractivity contribution in [2.24, 2.45) is 0 Å². The molecule has 0 bridgehead atoms. The number of hydrogen-bond donors (Lipinski definition) is 2. The Labute approximate surface area is 157 Å². The summed E-state index contributed by atoms with van der Waals surface area (Å²) < 4.78 is 5.38. The van der Waals surface area contributed by atoms with Gasteiger partial charge in [0.25, 0.3) is 5.91 Å². The van der Waals surface area contributed by atoms with Gasteiger partial charge in [0.1, 0.15) is 5.54 Å². The summed E-state index contributed by atoms with van der Waals surface area (Å²) in [6.07, 6.45) is 0.516. The van der Waals surface area contributed by atoms with Crippen LogP contribution in [0.1, 0.15) is 22.3 Å². The minimum atomic E-state index is -0.501. The largest absolute Gasteiger partial charge is 0.391 e. The Bertz CT molecular complexity index is 788. The summed E-state index contributed by atoms with van der Waals surface area (Å²) in [5, 5.41) is 13.4. The van der Waals surface area contributed by atoms with Crippen LogP contribution in [0.25, 0.3) is 0 Å². The van der Waals surface area contributed by atoms with Crippen LogP contribution in [0.5, 0.6) is 0 Å². The molecule has 1 amide bonds. The minimum absolute atomic E-state index is 0.128. The average molecular weight is 373 g/mol. The zero-order chi connectivity index (χ0) is 18.1. The smallest absolute Gasteiger partial charge is 0.252 e. The molecule has 1 atom stereocenters. The number of ether oxygens (including phenoxy) is 1. The molecule has 2 heterocycles. The van der Waals surface area contributed by atoms with Crippen molar-refractivity contribution in [3.05, 3.63) is 64.7 Å². The third-order valence-corrected chi connectivity index (χ3v) is 5.36. The second kappa shape index (κ2) is 6.91. The minimum Gasteiger partial charge on any atom is -0.391 e. The van der Waals surface area contributed by atoms with Crippen molar-refractivity contribution in [2.75, 3.05) is 31.2 Å². The summed E-state index contributed by atoms with van der Waals surface area (Å²) in [7, 11) is 0. The Hall–Kier alpha value is -2.08. The number of carbonyl (C=O) groups is 1. The average Bonchev–Trinajstić information content (AvgIpc) is 3.05. The second-order valence-corrected chi connectivity index (χ2v) is 7.41. The van der Waals surface area contributed by atoms with Crippen LogP contribution in [0.2, 0.25) is 5.02 Å². The predicted octanol–water partition coefficient (Wildman–Crippen LogP) is 2.57. The second-order valence-electron chi connectivity index (χ2n) is 6.97. The predicted molar refractivity (Wildman–Crippen MR) is 101 cm³/mol. The molecule has 2 aromatic carbocycles. The Morgan fingerprint density at radius 2 is 1.85 bits per heavy atom. The van der Waals surface area contributed by atoms with Crippen LogP contribution >= 0.6 is 11.6 Å². The summed E-state index contributed by atoms with van der Waals surface area (Å²) in [5.74, 6) is -0.128. The number of halogens is 1. The van der Waals surface area contributed by atoms with Gasteiger partial charge in [-0.3, -0.25) is 4.79 Å². The maximum absolute atomic E-state index is 12.7. The van der Waals surface area contributed by atoms with E-state index in [2.05, 4.69) is 10.2 Å². The van der Waals surface area contributed by atoms with Crippen LogP contribution in [0, 0.1) is 0 Å². The molecule has 0 radical (unpaired) electrons. The van der Waals surface area contributed by atoms with Crippen LogP contribution in [-0.2, 0) is 10.3 Å². The molecule has 0 aliphatic carbocycles. The van der Waals surface area contributed by atoms with E-state index in [9.17, 15) is 9.90 Å². The highest BCUT2D eigenvalue weighted by Gasteiger charge is 2.41. The Morgan fingerprint density at radius 1 is 1.15 bits per heavy atom. The van der Waals surface area contributed by atoms with Crippen LogP contribution in [-0.4, -0.2) is 43.4 Å². The van der Waals surface area contributed by atoms with Gasteiger partial charge in [0, 0.05) is 29.4 Å². The third-order valence-electron chi connectivity index (χ3n) is 5.10. The van der Waals surface area contributed by atoms with E-state index in [0.29, 0.717) is 30.3 Å². The number of benzene rings is 2. The van der Waals surface area contributed by atoms with E-state index in [-0.39, 0.29) is 12.0 Å². The normalized spacial score (nSPS) is 21.3. The van der Waals surface area contributed by atoms with Crippen molar-refractivity contribution in [1.82, 2.24) is 5.32 Å². The van der Waals surface area contributed by atoms with E-state index in [1.54, 1.807) is 0 Å². The van der Waals surface area contributed by atoms with E-state index in [0.717, 1.165) is 24.2 Å². The molecule has 26 heavy (non-hydrogen) atoms. The molecule has 0 saturated carbocycles. The Balaban J connectivity index is 1.48. The molecule has 136 valence electrons. The summed E-state index contributed by atoms with van der Waals surface area (Å²) in [6, 6.07) is 15.0. The van der Waals surface area contributed by atoms with Crippen molar-refractivity contribution in [3.63, 3.8) is 0 Å². The molecule has 2 aliphatic rings. The van der Waals surface area contributed by atoms with Gasteiger partial charge in [-0.25, -0.2) is 0 Å². The summed E-state index contributed by atoms with van der Waals surface area (Å²) in [4.78, 5) is 14.9. The molecule has 2 aliphatic heterocycles. The highest BCUT2D eigenvalue weighted by molar-refractivity contribution is 6.30. The SMILES string of the molecule is O=C(NC1(c2ccc(Cl)cc2)COC1)c1ccc(N2CC[C@H](O)C2)cc1. The lowest BCUT2D eigenvalue weighted by molar-refractivity contribution is -0.0733. The summed E-state index contributed by atoms with van der Waals surface area (Å²) in [6.45, 7) is 2.38. The van der Waals surface area contributed by atoms with E-state index >= 15 is 0 Å². The fourth-order valence-corrected chi connectivity index (χ4v) is 3.60. The quantitative estimate of drug-likeness (QED) is 0.866. The van der Waals surface area contributed by atoms with Gasteiger partial charge < -0.3 is 20.1 Å². The van der Waals surface area contributed by atoms with Crippen molar-refractivity contribution in [1.29, 1.82) is 0 Å². The van der Waals surface area contributed by atoms with Crippen molar-refractivity contribution < 1.29 is 14.6 Å². The molecular formula is C20H21ClN2O3. The van der Waals surface area contributed by atoms with Crippen LogP contribution in [0.3, 0.4) is 0 Å². The summed E-state index contributed by atoms with van der Waals surface area (Å²) >= 11 is 5.96. The number of carbonyl (C=O) groups excluding carboxylic acids is 1. The molecule has 2 saturated heterocycles. The Kier molecular flexibility index (Phi) is 4.61. The van der Waals surface area contributed by atoms with Gasteiger partial charge in [0.2, 0.25) is 0 Å². The monoisotopic (exact) mass is 372 g/mol. The lowest BCUT2D eigenvalue weighted by atomic mass is 9.87. The molecule has 0 unspecified atom stereocenters. The fraction of sp³-hybridized carbons (Fsp3) is 0.350. The van der Waals surface area contributed by atoms with Gasteiger partial charge in [0.05, 0.1) is 19.3 Å². The Morgan fingerprint density at radius 3 is 2.38 bits per heavy atom. The molecule has 5 nitrogen and oxygen atoms in total. The van der Waals surface area contributed by atoms with Gasteiger partial charge in [-0.2, -0.15) is 0 Å². The van der Waals surface area contributed by atoms with Crippen LogP contribution in [0.4, 0.5) is 5.69 Å². The van der Waals surface area contributed by atoms with E-state index in [4.69, 9.17) is 16.3 Å². The number of nitrogens with one attached hydrogen (secondary N) is 1. The molecule has 2 aromatic rings. The first-order chi connectivity index (χ1) is 12.6. The number of hydrogen-bond acceptors (Lipinski definition) is 4. The van der Waals surface area contributed by atoms with Crippen LogP contribution in [0.15, 0.2) is 48.5 Å². The van der Waals surface area contributed by atoms with Gasteiger partial charge in [-0.1, -0.05) is 23.7 Å². The maximum Gasteiger partial charge on any atom is 0.252 e. The number of aliphatic hydroxyl groups excluding tert-OH is 1. The molecule has 2 N–H and O–H groups in total. The van der Waals surface area contributed by atoms with Gasteiger partial charge in [-0.05, 0) is 48.4 Å². The van der Waals surface area contributed by atoms with E-state index < -0.39 is 5.54 Å². The standard InChI is InChI=1S/C20H21ClN2O3/c21-16-5-3-15(4-6-16)20(12-26-13-20)22-19(25)14-1-7-17(8-2-14)23-10-9-18(24)11-23/h1-8,18,24H,9-13H2,(H,22,25)/t18-/m0/s1. The lowest BCUT2D eigenvalue weighted by Crippen LogP contribution is -2.59. The molecular weight excluding hydrogens is 352 g/mol. The molecule has 4 rings (SSSR count). The first-order valence-electron chi connectivity index (χ1n) is 8.75. The van der Waals surface area contributed by atoms with E-state index in [1.807, 2.05) is 48.5 Å². The number of nitrogens with zero attached hydrogens (tertiary/aromatic N) is 1. The van der Waals surface area contributed by atoms with Gasteiger partial charge in [0.15, 0.2) is 0 Å². The number of anilines is 1. The number of rotatable bonds is 4. The first-order valence-corrected chi connectivity index (χ1v) is 9.13. The van der Waals surface area contributed by atoms with Crippen LogP contribution < -0.4 is 10.2 Å². The molecule has 0 aromatic heterocycles. The van der Waals surface area contributed by atoms with Gasteiger partial charge in [-0.15, -0.1) is 0 Å². The van der Waals surface area contributed by atoms with Crippen molar-refractivity contribution in [2.45, 2.75) is 18.1 Å². The first kappa shape index (κ1) is 17.3. The highest BCUT2D eigenvalue weighted by Crippen LogP contribution is 2.31. The van der Waals surface area contributed by atoms with Crippen molar-refractivity contribution >= 4 is 23.2 Å². The van der Waals surface area contributed by atoms with E-state index in [1.165, 1.54) is 0 Å². The topological polar surface area (TPSA) is 61.8 Å². The summed E-state index contributed by atoms with van der Waals surface area (Å²) in [5.41, 5.74) is 2.12. The third kappa shape index (κ3) is 3.30. The highest BCUT2D eigenvalue weighted by atomic mass is 35.5. The zero-order valence-electron chi connectivity index (χ0n) is 14.3. The van der Waals surface area contributed by atoms with Gasteiger partial charge >= 0.3 is 0 Å². The lowest BCUT2D eigenvalue weighted by Gasteiger charge is -2.42. The fourth-order valence-electron chi connectivity index (χ4n) is 3.48. The number of aliphatic hydroxyl groups is 1. The maximum atomic E-state index is 12.7. The molecule has 6 heteroatoms. The van der Waals surface area contributed by atoms with Crippen molar-refractivity contribution in [3.8, 4) is 0 Å². The zero-order valence-corrected chi connectivity index (χ0v) is 15.1. The molecule has 0 spiro atoms. The molecule has 2 fully saturated rings. The number of amides is 1.